The van der Waals surface area contributed by atoms with Gasteiger partial charge in [-0.05, 0) is 37.5 Å². The topological polar surface area (TPSA) is 40.5 Å². The molecule has 0 aromatic heterocycles. The van der Waals surface area contributed by atoms with E-state index in [-0.39, 0.29) is 5.91 Å². The van der Waals surface area contributed by atoms with Gasteiger partial charge in [0.2, 0.25) is 5.91 Å². The highest BCUT2D eigenvalue weighted by Gasteiger charge is 2.53. The van der Waals surface area contributed by atoms with Crippen LogP contribution in [0.25, 0.3) is 0 Å². The number of nitrogens with zero attached hydrogens (tertiary/aromatic N) is 1. The number of amides is 1. The molecule has 1 saturated carbocycles. The van der Waals surface area contributed by atoms with E-state index in [4.69, 9.17) is 0 Å². The van der Waals surface area contributed by atoms with Crippen LogP contribution in [0.3, 0.4) is 0 Å². The van der Waals surface area contributed by atoms with E-state index in [1.54, 1.807) is 0 Å². The monoisotopic (exact) mass is 221 g/mol. The molecule has 2 fully saturated rings. The van der Waals surface area contributed by atoms with Gasteiger partial charge in [0.25, 0.3) is 0 Å². The van der Waals surface area contributed by atoms with Gasteiger partial charge in [-0.2, -0.15) is 0 Å². The number of carbonyl (C=O) groups excluding carboxylic acids is 1. The number of likely N-dealkylation sites (tertiary alicyclic amines) is 1. The molecule has 3 nitrogen and oxygen atoms in total. The highest BCUT2D eigenvalue weighted by atomic mass is 16.3. The van der Waals surface area contributed by atoms with Crippen molar-refractivity contribution in [1.82, 2.24) is 4.90 Å². The van der Waals surface area contributed by atoms with E-state index < -0.39 is 5.60 Å². The first-order chi connectivity index (χ1) is 7.67. The predicted octanol–water partition coefficient (Wildman–Crippen LogP) is 1.33. The summed E-state index contributed by atoms with van der Waals surface area (Å²) in [5.74, 6) is 1.15. The molecule has 0 spiro atoms. The summed E-state index contributed by atoms with van der Waals surface area (Å²) in [4.78, 5) is 13.7. The Balaban J connectivity index is 1.48. The third kappa shape index (κ3) is 1.77. The van der Waals surface area contributed by atoms with Crippen molar-refractivity contribution in [2.75, 3.05) is 13.1 Å². The van der Waals surface area contributed by atoms with Crippen molar-refractivity contribution in [2.24, 2.45) is 11.8 Å². The van der Waals surface area contributed by atoms with Crippen LogP contribution in [0.15, 0.2) is 12.2 Å². The van der Waals surface area contributed by atoms with Gasteiger partial charge in [0.15, 0.2) is 0 Å². The molecule has 3 rings (SSSR count). The summed E-state index contributed by atoms with van der Waals surface area (Å²) in [7, 11) is 0. The summed E-state index contributed by atoms with van der Waals surface area (Å²) in [6.45, 7) is 1.15. The van der Waals surface area contributed by atoms with Gasteiger partial charge in [-0.1, -0.05) is 12.2 Å². The Morgan fingerprint density at radius 3 is 2.69 bits per heavy atom. The molecule has 88 valence electrons. The van der Waals surface area contributed by atoms with Crippen molar-refractivity contribution in [2.45, 2.75) is 37.7 Å². The lowest BCUT2D eigenvalue weighted by molar-refractivity contribution is -0.159. The molecule has 1 atom stereocenters. The number of rotatable bonds is 3. The second kappa shape index (κ2) is 3.59. The second-order valence-corrected chi connectivity index (χ2v) is 5.60. The van der Waals surface area contributed by atoms with Crippen molar-refractivity contribution in [3.63, 3.8) is 0 Å². The summed E-state index contributed by atoms with van der Waals surface area (Å²) in [6, 6.07) is 0. The summed E-state index contributed by atoms with van der Waals surface area (Å²) < 4.78 is 0. The molecule has 1 N–H and O–H groups in total. The van der Waals surface area contributed by atoms with Crippen LogP contribution in [0, 0.1) is 11.8 Å². The Kier molecular flexibility index (Phi) is 2.32. The van der Waals surface area contributed by atoms with E-state index in [2.05, 4.69) is 12.2 Å². The highest BCUT2D eigenvalue weighted by molar-refractivity contribution is 5.78. The third-order valence-corrected chi connectivity index (χ3v) is 4.17. The zero-order valence-electron chi connectivity index (χ0n) is 9.56. The molecule has 1 saturated heterocycles. The number of hydrogen-bond acceptors (Lipinski definition) is 2. The minimum atomic E-state index is -0.527. The first kappa shape index (κ1) is 10.3. The van der Waals surface area contributed by atoms with Gasteiger partial charge in [-0.3, -0.25) is 4.79 Å². The zero-order chi connectivity index (χ0) is 11.2. The van der Waals surface area contributed by atoms with Gasteiger partial charge in [0, 0.05) is 6.42 Å². The predicted molar refractivity (Wildman–Crippen MR) is 60.7 cm³/mol. The Labute approximate surface area is 96.1 Å². The minimum Gasteiger partial charge on any atom is -0.386 e. The molecule has 1 amide bonds. The van der Waals surface area contributed by atoms with E-state index in [1.807, 2.05) is 4.90 Å². The smallest absolute Gasteiger partial charge is 0.223 e. The van der Waals surface area contributed by atoms with E-state index in [0.717, 1.165) is 25.7 Å². The Bertz CT molecular complexity index is 327. The fourth-order valence-electron chi connectivity index (χ4n) is 2.89. The van der Waals surface area contributed by atoms with Gasteiger partial charge in [-0.25, -0.2) is 0 Å². The molecule has 0 radical (unpaired) electrons. The Hall–Kier alpha value is -0.830. The second-order valence-electron chi connectivity index (χ2n) is 5.60. The fourth-order valence-corrected chi connectivity index (χ4v) is 2.89. The van der Waals surface area contributed by atoms with Crippen molar-refractivity contribution >= 4 is 5.91 Å². The third-order valence-electron chi connectivity index (χ3n) is 4.17. The summed E-state index contributed by atoms with van der Waals surface area (Å²) in [6.07, 6.45) is 9.47. The molecule has 3 heteroatoms. The van der Waals surface area contributed by atoms with Gasteiger partial charge in [0.1, 0.15) is 5.60 Å². The molecule has 2 aliphatic carbocycles. The molecule has 16 heavy (non-hydrogen) atoms. The van der Waals surface area contributed by atoms with Crippen LogP contribution in [-0.4, -0.2) is 34.6 Å². The van der Waals surface area contributed by atoms with Gasteiger partial charge in [-0.15, -0.1) is 0 Å². The van der Waals surface area contributed by atoms with E-state index >= 15 is 0 Å². The lowest BCUT2D eigenvalue weighted by atomic mass is 9.88. The lowest BCUT2D eigenvalue weighted by Gasteiger charge is -2.47. The largest absolute Gasteiger partial charge is 0.386 e. The molecule has 0 bridgehead atoms. The fraction of sp³-hybridized carbons (Fsp3) is 0.769. The highest BCUT2D eigenvalue weighted by Crippen LogP contribution is 2.44. The molecule has 3 aliphatic rings. The van der Waals surface area contributed by atoms with Gasteiger partial charge in [0.05, 0.1) is 13.1 Å². The zero-order valence-corrected chi connectivity index (χ0v) is 9.56. The summed E-state index contributed by atoms with van der Waals surface area (Å²) in [5.41, 5.74) is -0.527. The maximum Gasteiger partial charge on any atom is 0.223 e. The van der Waals surface area contributed by atoms with E-state index in [1.165, 1.54) is 0 Å². The van der Waals surface area contributed by atoms with Crippen LogP contribution in [0.2, 0.25) is 0 Å². The molecule has 0 aromatic rings. The molecule has 0 aromatic carbocycles. The first-order valence-corrected chi connectivity index (χ1v) is 6.34. The van der Waals surface area contributed by atoms with Crippen LogP contribution in [0.5, 0.6) is 0 Å². The van der Waals surface area contributed by atoms with Crippen LogP contribution in [0.4, 0.5) is 0 Å². The number of carbonyl (C=O) groups is 1. The van der Waals surface area contributed by atoms with Crippen molar-refractivity contribution < 1.29 is 9.90 Å². The molecule has 1 unspecified atom stereocenters. The molecule has 1 aliphatic heterocycles. The van der Waals surface area contributed by atoms with Gasteiger partial charge < -0.3 is 10.0 Å². The lowest BCUT2D eigenvalue weighted by Crippen LogP contribution is -2.64. The maximum absolute atomic E-state index is 11.9. The average Bonchev–Trinajstić information content (AvgIpc) is 2.94. The van der Waals surface area contributed by atoms with Crippen LogP contribution in [-0.2, 0) is 4.79 Å². The number of aliphatic hydroxyl groups is 1. The number of β-amino-alcohol motifs (C(OH)–C–C–N with tert-alkyl or cyclic N) is 1. The van der Waals surface area contributed by atoms with Crippen molar-refractivity contribution in [1.29, 1.82) is 0 Å². The van der Waals surface area contributed by atoms with E-state index in [9.17, 15) is 9.90 Å². The minimum absolute atomic E-state index is 0.224. The van der Waals surface area contributed by atoms with Crippen LogP contribution in [0.1, 0.15) is 32.1 Å². The standard InChI is InChI=1S/C13H19NO2/c15-12(7-10-3-1-2-4-10)14-8-13(16,9-14)11-5-6-11/h1,3,10-11,16H,2,4-9H2. The van der Waals surface area contributed by atoms with E-state index in [0.29, 0.717) is 31.3 Å². The van der Waals surface area contributed by atoms with Crippen LogP contribution < -0.4 is 0 Å². The molecular weight excluding hydrogens is 202 g/mol. The van der Waals surface area contributed by atoms with Crippen molar-refractivity contribution in [3.8, 4) is 0 Å². The van der Waals surface area contributed by atoms with Crippen LogP contribution >= 0.6 is 0 Å². The van der Waals surface area contributed by atoms with Gasteiger partial charge >= 0.3 is 0 Å². The maximum atomic E-state index is 11.9. The molecule has 1 heterocycles. The quantitative estimate of drug-likeness (QED) is 0.730. The summed E-state index contributed by atoms with van der Waals surface area (Å²) in [5, 5.41) is 10.1. The average molecular weight is 221 g/mol. The molecular formula is C13H19NO2. The van der Waals surface area contributed by atoms with Crippen molar-refractivity contribution in [3.05, 3.63) is 12.2 Å². The normalized spacial score (nSPS) is 31.6. The number of allylic oxidation sites excluding steroid dienone is 2. The summed E-state index contributed by atoms with van der Waals surface area (Å²) >= 11 is 0. The Morgan fingerprint density at radius 2 is 2.12 bits per heavy atom. The Morgan fingerprint density at radius 1 is 1.38 bits per heavy atom. The SMILES string of the molecule is O=C(CC1C=CCC1)N1CC(O)(C2CC2)C1. The number of hydrogen-bond donors (Lipinski definition) is 1. The first-order valence-electron chi connectivity index (χ1n) is 6.34.